The minimum Gasteiger partial charge on any atom is -0.270 e. The van der Waals surface area contributed by atoms with Gasteiger partial charge in [-0.05, 0) is 40.6 Å². The van der Waals surface area contributed by atoms with Gasteiger partial charge in [0.15, 0.2) is 11.0 Å². The predicted octanol–water partition coefficient (Wildman–Crippen LogP) is 7.14. The largest absolute Gasteiger partial charge is 0.270 e. The Labute approximate surface area is 187 Å². The second kappa shape index (κ2) is 8.46. The number of hydrogen-bond donors (Lipinski definition) is 0. The van der Waals surface area contributed by atoms with E-state index in [4.69, 9.17) is 0 Å². The molecule has 0 amide bonds. The van der Waals surface area contributed by atoms with Gasteiger partial charge in [-0.15, -0.1) is 10.2 Å². The fourth-order valence-corrected chi connectivity index (χ4v) is 4.74. The number of aromatic nitrogens is 3. The molecule has 0 atom stereocenters. The summed E-state index contributed by atoms with van der Waals surface area (Å²) in [4.78, 5) is 0. The Morgan fingerprint density at radius 3 is 2.30 bits per heavy atom. The van der Waals surface area contributed by atoms with Gasteiger partial charge >= 0.3 is 0 Å². The smallest absolute Gasteiger partial charge is 0.196 e. The number of halogens is 1. The van der Waals surface area contributed by atoms with Crippen molar-refractivity contribution < 1.29 is 0 Å². The monoisotopic (exact) mass is 471 g/mol. The van der Waals surface area contributed by atoms with Gasteiger partial charge in [-0.2, -0.15) is 0 Å². The highest BCUT2D eigenvalue weighted by molar-refractivity contribution is 9.10. The van der Waals surface area contributed by atoms with E-state index in [1.807, 2.05) is 30.3 Å². The Balaban J connectivity index is 1.55. The molecule has 0 aliphatic rings. The summed E-state index contributed by atoms with van der Waals surface area (Å²) in [5.74, 6) is 1.67. The molecule has 1 aromatic heterocycles. The second-order valence-corrected chi connectivity index (χ2v) is 8.77. The maximum absolute atomic E-state index is 4.55. The Morgan fingerprint density at radius 1 is 0.733 bits per heavy atom. The van der Waals surface area contributed by atoms with Gasteiger partial charge in [0.2, 0.25) is 0 Å². The summed E-state index contributed by atoms with van der Waals surface area (Å²) in [5.41, 5.74) is 3.39. The molecule has 0 aliphatic heterocycles. The molecule has 4 aromatic carbocycles. The van der Waals surface area contributed by atoms with Crippen molar-refractivity contribution in [3.8, 4) is 17.1 Å². The van der Waals surface area contributed by atoms with Gasteiger partial charge in [0, 0.05) is 21.5 Å². The molecule has 0 bridgehead atoms. The van der Waals surface area contributed by atoms with Crippen LogP contribution in [0.5, 0.6) is 0 Å². The Morgan fingerprint density at radius 2 is 1.47 bits per heavy atom. The first-order chi connectivity index (χ1) is 14.8. The lowest BCUT2D eigenvalue weighted by Crippen LogP contribution is -1.99. The number of benzene rings is 4. The number of thioether (sulfide) groups is 1. The van der Waals surface area contributed by atoms with Crippen LogP contribution in [0.3, 0.4) is 0 Å². The number of hydrogen-bond acceptors (Lipinski definition) is 3. The van der Waals surface area contributed by atoms with Crippen LogP contribution in [-0.4, -0.2) is 14.8 Å². The first-order valence-corrected chi connectivity index (χ1v) is 11.4. The lowest BCUT2D eigenvalue weighted by atomic mass is 10.1. The summed E-state index contributed by atoms with van der Waals surface area (Å²) in [6.45, 7) is 0. The van der Waals surface area contributed by atoms with Crippen LogP contribution in [0, 0.1) is 0 Å². The van der Waals surface area contributed by atoms with E-state index >= 15 is 0 Å². The average molecular weight is 472 g/mol. The van der Waals surface area contributed by atoms with Gasteiger partial charge in [-0.25, -0.2) is 0 Å². The van der Waals surface area contributed by atoms with E-state index in [1.54, 1.807) is 11.8 Å². The van der Waals surface area contributed by atoms with Crippen molar-refractivity contribution in [3.63, 3.8) is 0 Å². The number of fused-ring (bicyclic) bond motifs is 1. The second-order valence-electron chi connectivity index (χ2n) is 6.91. The maximum atomic E-state index is 4.55. The van der Waals surface area contributed by atoms with E-state index < -0.39 is 0 Å². The van der Waals surface area contributed by atoms with Gasteiger partial charge in [-0.1, -0.05) is 100 Å². The highest BCUT2D eigenvalue weighted by Crippen LogP contribution is 2.31. The molecular weight excluding hydrogens is 454 g/mol. The molecule has 1 heterocycles. The van der Waals surface area contributed by atoms with E-state index in [2.05, 4.69) is 97.4 Å². The average Bonchev–Trinajstić information content (AvgIpc) is 3.23. The van der Waals surface area contributed by atoms with Crippen molar-refractivity contribution in [2.75, 3.05) is 0 Å². The minimum absolute atomic E-state index is 0.824. The molecule has 5 heteroatoms. The zero-order valence-corrected chi connectivity index (χ0v) is 18.5. The van der Waals surface area contributed by atoms with Crippen LogP contribution in [0.4, 0.5) is 0 Å². The van der Waals surface area contributed by atoms with E-state index in [0.717, 1.165) is 32.5 Å². The van der Waals surface area contributed by atoms with Crippen molar-refractivity contribution in [2.24, 2.45) is 0 Å². The van der Waals surface area contributed by atoms with Crippen LogP contribution in [0.2, 0.25) is 0 Å². The molecule has 3 nitrogen and oxygen atoms in total. The highest BCUT2D eigenvalue weighted by Gasteiger charge is 2.16. The van der Waals surface area contributed by atoms with Crippen molar-refractivity contribution >= 4 is 38.5 Å². The van der Waals surface area contributed by atoms with E-state index in [0.29, 0.717) is 0 Å². The van der Waals surface area contributed by atoms with Gasteiger partial charge in [0.1, 0.15) is 0 Å². The summed E-state index contributed by atoms with van der Waals surface area (Å²) >= 11 is 5.24. The molecule has 0 fully saturated rings. The number of nitrogens with zero attached hydrogens (tertiary/aromatic N) is 3. The molecule has 5 rings (SSSR count). The van der Waals surface area contributed by atoms with Gasteiger partial charge in [0.25, 0.3) is 0 Å². The van der Waals surface area contributed by atoms with Crippen molar-refractivity contribution in [1.29, 1.82) is 0 Å². The molecule has 0 radical (unpaired) electrons. The molecular formula is C25H18BrN3S. The normalized spacial score (nSPS) is 11.1. The summed E-state index contributed by atoms with van der Waals surface area (Å²) in [5, 5.41) is 12.5. The molecule has 0 unspecified atom stereocenters. The Kier molecular flexibility index (Phi) is 5.39. The van der Waals surface area contributed by atoms with Crippen LogP contribution in [0.1, 0.15) is 5.56 Å². The van der Waals surface area contributed by atoms with Gasteiger partial charge < -0.3 is 0 Å². The molecule has 30 heavy (non-hydrogen) atoms. The summed E-state index contributed by atoms with van der Waals surface area (Å²) in [6, 6.07) is 33.4. The van der Waals surface area contributed by atoms with Crippen molar-refractivity contribution in [2.45, 2.75) is 10.9 Å². The first-order valence-electron chi connectivity index (χ1n) is 9.66. The zero-order chi connectivity index (χ0) is 20.3. The quantitative estimate of drug-likeness (QED) is 0.255. The van der Waals surface area contributed by atoms with Gasteiger partial charge in [-0.3, -0.25) is 4.57 Å². The lowest BCUT2D eigenvalue weighted by Gasteiger charge is -2.11. The van der Waals surface area contributed by atoms with Crippen LogP contribution >= 0.6 is 27.7 Å². The molecule has 0 aliphatic carbocycles. The van der Waals surface area contributed by atoms with Crippen LogP contribution in [-0.2, 0) is 5.75 Å². The van der Waals surface area contributed by atoms with Crippen LogP contribution in [0.15, 0.2) is 107 Å². The van der Waals surface area contributed by atoms with Crippen molar-refractivity contribution in [3.05, 3.63) is 107 Å². The third-order valence-electron chi connectivity index (χ3n) is 4.99. The summed E-state index contributed by atoms with van der Waals surface area (Å²) in [6.07, 6.45) is 0. The minimum atomic E-state index is 0.824. The van der Waals surface area contributed by atoms with Crippen LogP contribution in [0.25, 0.3) is 27.8 Å². The molecule has 5 aromatic rings. The maximum Gasteiger partial charge on any atom is 0.196 e. The molecule has 0 saturated carbocycles. The molecule has 146 valence electrons. The van der Waals surface area contributed by atoms with E-state index in [9.17, 15) is 0 Å². The fraction of sp³-hybridized carbons (Fsp3) is 0.0400. The summed E-state index contributed by atoms with van der Waals surface area (Å²) < 4.78 is 3.18. The highest BCUT2D eigenvalue weighted by atomic mass is 79.9. The number of rotatable bonds is 5. The Hall–Kier alpha value is -2.89. The third kappa shape index (κ3) is 3.78. The topological polar surface area (TPSA) is 30.7 Å². The predicted molar refractivity (Wildman–Crippen MR) is 128 cm³/mol. The molecule has 0 saturated heterocycles. The standard InChI is InChI=1S/C25H18BrN3S/c26-21-13-15-22(16-14-21)29-24(19-8-2-1-3-9-19)27-28-25(29)30-17-20-11-6-10-18-7-4-5-12-23(18)20/h1-16H,17H2. The van der Waals surface area contributed by atoms with E-state index in [1.165, 1.54) is 16.3 Å². The SMILES string of the molecule is Brc1ccc(-n2c(SCc3cccc4ccccc34)nnc2-c2ccccc2)cc1. The molecule has 0 N–H and O–H groups in total. The van der Waals surface area contributed by atoms with Gasteiger partial charge in [0.05, 0.1) is 0 Å². The van der Waals surface area contributed by atoms with Crippen LogP contribution < -0.4 is 0 Å². The first kappa shape index (κ1) is 19.1. The molecule has 0 spiro atoms. The zero-order valence-electron chi connectivity index (χ0n) is 16.1. The van der Waals surface area contributed by atoms with E-state index in [-0.39, 0.29) is 0 Å². The van der Waals surface area contributed by atoms with Crippen molar-refractivity contribution in [1.82, 2.24) is 14.8 Å². The lowest BCUT2D eigenvalue weighted by molar-refractivity contribution is 0.886. The third-order valence-corrected chi connectivity index (χ3v) is 6.49. The Bertz CT molecular complexity index is 1290. The fourth-order valence-electron chi connectivity index (χ4n) is 3.52. The summed E-state index contributed by atoms with van der Waals surface area (Å²) in [7, 11) is 0.